The lowest BCUT2D eigenvalue weighted by Crippen LogP contribution is -2.11. The minimum absolute atomic E-state index is 0.151. The van der Waals surface area contributed by atoms with Crippen molar-refractivity contribution in [3.63, 3.8) is 0 Å². The molecule has 1 heterocycles. The zero-order valence-electron chi connectivity index (χ0n) is 11.2. The van der Waals surface area contributed by atoms with Crippen molar-refractivity contribution in [3.8, 4) is 5.75 Å². The van der Waals surface area contributed by atoms with Crippen LogP contribution in [0.1, 0.15) is 11.3 Å². The Morgan fingerprint density at radius 1 is 1.29 bits per heavy atom. The van der Waals surface area contributed by atoms with Crippen LogP contribution in [0.4, 0.5) is 24.5 Å². The van der Waals surface area contributed by atoms with E-state index in [2.05, 4.69) is 10.3 Å². The Bertz CT molecular complexity index is 629. The van der Waals surface area contributed by atoms with Gasteiger partial charge < -0.3 is 15.8 Å². The quantitative estimate of drug-likeness (QED) is 0.909. The van der Waals surface area contributed by atoms with Crippen LogP contribution in [0.25, 0.3) is 0 Å². The predicted molar refractivity (Wildman–Crippen MR) is 74.0 cm³/mol. The van der Waals surface area contributed by atoms with Crippen molar-refractivity contribution in [2.45, 2.75) is 12.7 Å². The second kappa shape index (κ2) is 5.90. The molecule has 0 saturated carbocycles. The lowest BCUT2D eigenvalue weighted by Gasteiger charge is -2.13. The molecule has 1 aromatic heterocycles. The standard InChI is InChI=1S/C14H14F3N3O/c1-21-12-5-3-2-4-9(12)7-19-11-6-13(14(15,16)17)20-8-10(11)18/h2-6,8H,7,18H2,1H3,(H,19,20). The van der Waals surface area contributed by atoms with Crippen molar-refractivity contribution in [3.05, 3.63) is 47.8 Å². The molecule has 2 rings (SSSR count). The third-order valence-electron chi connectivity index (χ3n) is 2.89. The Hall–Kier alpha value is -2.44. The molecular formula is C14H14F3N3O. The Kier molecular flexibility index (Phi) is 4.21. The summed E-state index contributed by atoms with van der Waals surface area (Å²) in [5.74, 6) is 0.647. The number of nitrogens with one attached hydrogen (secondary N) is 1. The van der Waals surface area contributed by atoms with E-state index in [0.717, 1.165) is 17.8 Å². The fraction of sp³-hybridized carbons (Fsp3) is 0.214. The summed E-state index contributed by atoms with van der Waals surface area (Å²) in [7, 11) is 1.53. The molecular weight excluding hydrogens is 283 g/mol. The maximum Gasteiger partial charge on any atom is 0.433 e. The molecule has 21 heavy (non-hydrogen) atoms. The van der Waals surface area contributed by atoms with E-state index in [4.69, 9.17) is 10.5 Å². The Labute approximate surface area is 119 Å². The average molecular weight is 297 g/mol. The van der Waals surface area contributed by atoms with Crippen LogP contribution in [0.3, 0.4) is 0 Å². The Balaban J connectivity index is 2.20. The second-order valence-electron chi connectivity index (χ2n) is 4.32. The number of pyridine rings is 1. The number of rotatable bonds is 4. The molecule has 0 bridgehead atoms. The summed E-state index contributed by atoms with van der Waals surface area (Å²) in [6, 6.07) is 8.11. The number of hydrogen-bond donors (Lipinski definition) is 2. The van der Waals surface area contributed by atoms with Crippen LogP contribution in [0.5, 0.6) is 5.75 Å². The first-order chi connectivity index (χ1) is 9.91. The molecule has 0 saturated heterocycles. The lowest BCUT2D eigenvalue weighted by atomic mass is 10.2. The lowest BCUT2D eigenvalue weighted by molar-refractivity contribution is -0.141. The maximum atomic E-state index is 12.6. The number of alkyl halides is 3. The van der Waals surface area contributed by atoms with E-state index in [1.807, 2.05) is 18.2 Å². The number of hydrogen-bond acceptors (Lipinski definition) is 4. The molecule has 0 fully saturated rings. The predicted octanol–water partition coefficient (Wildman–Crippen LogP) is 3.30. The third-order valence-corrected chi connectivity index (χ3v) is 2.89. The van der Waals surface area contributed by atoms with Gasteiger partial charge in [-0.25, -0.2) is 4.98 Å². The monoisotopic (exact) mass is 297 g/mol. The summed E-state index contributed by atoms with van der Waals surface area (Å²) in [5, 5.41) is 2.87. The highest BCUT2D eigenvalue weighted by atomic mass is 19.4. The van der Waals surface area contributed by atoms with Crippen LogP contribution in [0.2, 0.25) is 0 Å². The molecule has 0 unspecified atom stereocenters. The smallest absolute Gasteiger partial charge is 0.433 e. The molecule has 7 heteroatoms. The van der Waals surface area contributed by atoms with Crippen LogP contribution in [0, 0.1) is 0 Å². The summed E-state index contributed by atoms with van der Waals surface area (Å²) in [5.41, 5.74) is 5.80. The van der Waals surface area contributed by atoms with Crippen LogP contribution in [-0.4, -0.2) is 12.1 Å². The van der Waals surface area contributed by atoms with Crippen LogP contribution >= 0.6 is 0 Å². The van der Waals surface area contributed by atoms with Gasteiger partial charge in [-0.1, -0.05) is 18.2 Å². The summed E-state index contributed by atoms with van der Waals surface area (Å²) in [6.07, 6.45) is -3.51. The largest absolute Gasteiger partial charge is 0.496 e. The summed E-state index contributed by atoms with van der Waals surface area (Å²) < 4.78 is 43.1. The number of nitrogens with zero attached hydrogens (tertiary/aromatic N) is 1. The second-order valence-corrected chi connectivity index (χ2v) is 4.32. The van der Waals surface area contributed by atoms with E-state index in [0.29, 0.717) is 5.75 Å². The summed E-state index contributed by atoms with van der Waals surface area (Å²) in [4.78, 5) is 3.28. The molecule has 4 nitrogen and oxygen atoms in total. The van der Waals surface area contributed by atoms with Gasteiger partial charge >= 0.3 is 6.18 Å². The zero-order chi connectivity index (χ0) is 15.5. The number of methoxy groups -OCH3 is 1. The van der Waals surface area contributed by atoms with Gasteiger partial charge in [0.05, 0.1) is 24.7 Å². The fourth-order valence-corrected chi connectivity index (χ4v) is 1.81. The average Bonchev–Trinajstić information content (AvgIpc) is 2.45. The van der Waals surface area contributed by atoms with Crippen LogP contribution in [-0.2, 0) is 12.7 Å². The maximum absolute atomic E-state index is 12.6. The normalized spacial score (nSPS) is 11.2. The molecule has 2 aromatic rings. The van der Waals surface area contributed by atoms with Crippen LogP contribution < -0.4 is 15.8 Å². The number of anilines is 2. The van der Waals surface area contributed by atoms with Crippen LogP contribution in [0.15, 0.2) is 36.5 Å². The van der Waals surface area contributed by atoms with E-state index >= 15 is 0 Å². The SMILES string of the molecule is COc1ccccc1CNc1cc(C(F)(F)F)ncc1N. The topological polar surface area (TPSA) is 60.2 Å². The van der Waals surface area contributed by atoms with Crippen molar-refractivity contribution in [2.75, 3.05) is 18.2 Å². The molecule has 0 radical (unpaired) electrons. The van der Waals surface area contributed by atoms with E-state index in [-0.39, 0.29) is 17.9 Å². The molecule has 0 atom stereocenters. The van der Waals surface area contributed by atoms with E-state index in [1.54, 1.807) is 6.07 Å². The van der Waals surface area contributed by atoms with E-state index in [9.17, 15) is 13.2 Å². The number of nitrogens with two attached hydrogens (primary N) is 1. The first kappa shape index (κ1) is 15.0. The minimum Gasteiger partial charge on any atom is -0.496 e. The number of nitrogen functional groups attached to an aromatic ring is 1. The number of para-hydroxylation sites is 1. The zero-order valence-corrected chi connectivity index (χ0v) is 11.2. The van der Waals surface area contributed by atoms with E-state index < -0.39 is 11.9 Å². The molecule has 112 valence electrons. The van der Waals surface area contributed by atoms with Gasteiger partial charge in [0.2, 0.25) is 0 Å². The molecule has 1 aromatic carbocycles. The Morgan fingerprint density at radius 2 is 2.00 bits per heavy atom. The van der Waals surface area contributed by atoms with Crippen molar-refractivity contribution in [1.82, 2.24) is 4.98 Å². The van der Waals surface area contributed by atoms with Gasteiger partial charge in [0.1, 0.15) is 11.4 Å². The van der Waals surface area contributed by atoms with Gasteiger partial charge in [0, 0.05) is 12.1 Å². The molecule has 0 spiro atoms. The van der Waals surface area contributed by atoms with Crippen molar-refractivity contribution in [2.24, 2.45) is 0 Å². The molecule has 0 aliphatic rings. The van der Waals surface area contributed by atoms with Gasteiger partial charge in [-0.05, 0) is 12.1 Å². The molecule has 0 aliphatic carbocycles. The van der Waals surface area contributed by atoms with Gasteiger partial charge in [-0.3, -0.25) is 0 Å². The highest BCUT2D eigenvalue weighted by molar-refractivity contribution is 5.65. The first-order valence-electron chi connectivity index (χ1n) is 6.10. The number of halogens is 3. The van der Waals surface area contributed by atoms with Gasteiger partial charge in [0.15, 0.2) is 0 Å². The fourth-order valence-electron chi connectivity index (χ4n) is 1.81. The highest BCUT2D eigenvalue weighted by Crippen LogP contribution is 2.31. The summed E-state index contributed by atoms with van der Waals surface area (Å²) >= 11 is 0. The Morgan fingerprint density at radius 3 is 2.67 bits per heavy atom. The van der Waals surface area contributed by atoms with Gasteiger partial charge in [0.25, 0.3) is 0 Å². The molecule has 0 amide bonds. The van der Waals surface area contributed by atoms with Crippen molar-refractivity contribution in [1.29, 1.82) is 0 Å². The summed E-state index contributed by atoms with van der Waals surface area (Å²) in [6.45, 7) is 0.287. The van der Waals surface area contributed by atoms with Crippen molar-refractivity contribution < 1.29 is 17.9 Å². The van der Waals surface area contributed by atoms with E-state index in [1.165, 1.54) is 7.11 Å². The minimum atomic E-state index is -4.51. The number of ether oxygens (including phenoxy) is 1. The molecule has 3 N–H and O–H groups in total. The van der Waals surface area contributed by atoms with Gasteiger partial charge in [-0.2, -0.15) is 13.2 Å². The van der Waals surface area contributed by atoms with Gasteiger partial charge in [-0.15, -0.1) is 0 Å². The highest BCUT2D eigenvalue weighted by Gasteiger charge is 2.32. The van der Waals surface area contributed by atoms with Crippen molar-refractivity contribution >= 4 is 11.4 Å². The number of aromatic nitrogens is 1. The third kappa shape index (κ3) is 3.56. The number of benzene rings is 1. The molecule has 0 aliphatic heterocycles. The first-order valence-corrected chi connectivity index (χ1v) is 6.10.